The summed E-state index contributed by atoms with van der Waals surface area (Å²) in [7, 11) is 0. The summed E-state index contributed by atoms with van der Waals surface area (Å²) >= 11 is 0. The van der Waals surface area contributed by atoms with E-state index in [1.54, 1.807) is 0 Å². The van der Waals surface area contributed by atoms with Gasteiger partial charge in [0.1, 0.15) is 0 Å². The molecule has 0 amide bonds. The Kier molecular flexibility index (Phi) is 5.17. The van der Waals surface area contributed by atoms with E-state index in [9.17, 15) is 0 Å². The Morgan fingerprint density at radius 3 is 2.70 bits per heavy atom. The molecule has 1 atom stereocenters. The largest absolute Gasteiger partial charge is 0.311 e. The zero-order chi connectivity index (χ0) is 14.6. The van der Waals surface area contributed by atoms with Gasteiger partial charge in [-0.05, 0) is 43.0 Å². The summed E-state index contributed by atoms with van der Waals surface area (Å²) < 4.78 is 0. The lowest BCUT2D eigenvalue weighted by molar-refractivity contribution is 0.225. The van der Waals surface area contributed by atoms with Crippen LogP contribution in [0, 0.1) is 11.3 Å². The van der Waals surface area contributed by atoms with E-state index in [1.807, 2.05) is 0 Å². The molecule has 0 radical (unpaired) electrons. The second-order valence-corrected chi connectivity index (χ2v) is 6.99. The van der Waals surface area contributed by atoms with Gasteiger partial charge in [0.2, 0.25) is 0 Å². The van der Waals surface area contributed by atoms with E-state index >= 15 is 0 Å². The van der Waals surface area contributed by atoms with Crippen molar-refractivity contribution in [2.45, 2.75) is 47.2 Å². The van der Waals surface area contributed by atoms with Gasteiger partial charge in [-0.3, -0.25) is 9.88 Å². The number of nitrogens with zero attached hydrogens (tertiary/aromatic N) is 2. The molecule has 3 heteroatoms. The van der Waals surface area contributed by atoms with Crippen LogP contribution in [0.15, 0.2) is 18.2 Å². The van der Waals surface area contributed by atoms with Crippen LogP contribution in [0.25, 0.3) is 0 Å². The minimum Gasteiger partial charge on any atom is -0.311 e. The second kappa shape index (κ2) is 6.68. The summed E-state index contributed by atoms with van der Waals surface area (Å²) in [6.07, 6.45) is 1.32. The number of rotatable bonds is 5. The Balaban J connectivity index is 1.91. The van der Waals surface area contributed by atoms with Gasteiger partial charge in [-0.1, -0.05) is 33.8 Å². The highest BCUT2D eigenvalue weighted by atomic mass is 15.2. The molecule has 0 saturated carbocycles. The summed E-state index contributed by atoms with van der Waals surface area (Å²) in [5.74, 6) is 0.812. The summed E-state index contributed by atoms with van der Waals surface area (Å²) in [5.41, 5.74) is 2.78. The minimum atomic E-state index is 0.426. The lowest BCUT2D eigenvalue weighted by Crippen LogP contribution is -2.26. The molecule has 112 valence electrons. The van der Waals surface area contributed by atoms with Crippen molar-refractivity contribution in [3.05, 3.63) is 29.6 Å². The van der Waals surface area contributed by atoms with E-state index in [2.05, 4.69) is 56.1 Å². The number of aromatic nitrogens is 1. The molecule has 0 bridgehead atoms. The maximum Gasteiger partial charge on any atom is 0.0547 e. The van der Waals surface area contributed by atoms with Crippen LogP contribution >= 0.6 is 0 Å². The molecule has 3 nitrogen and oxygen atoms in total. The zero-order valence-corrected chi connectivity index (χ0v) is 13.4. The zero-order valence-electron chi connectivity index (χ0n) is 13.4. The highest BCUT2D eigenvalue weighted by molar-refractivity contribution is 5.11. The predicted octanol–water partition coefficient (Wildman–Crippen LogP) is 3.06. The summed E-state index contributed by atoms with van der Waals surface area (Å²) in [5, 5.41) is 3.34. The first-order chi connectivity index (χ1) is 9.49. The monoisotopic (exact) mass is 275 g/mol. The van der Waals surface area contributed by atoms with Crippen LogP contribution in [-0.4, -0.2) is 29.5 Å². The van der Waals surface area contributed by atoms with Crippen LogP contribution in [0.2, 0.25) is 0 Å². The third-order valence-corrected chi connectivity index (χ3v) is 4.30. The Morgan fingerprint density at radius 1 is 1.30 bits per heavy atom. The van der Waals surface area contributed by atoms with Crippen LogP contribution in [0.3, 0.4) is 0 Å². The molecule has 0 spiro atoms. The molecule has 2 heterocycles. The van der Waals surface area contributed by atoms with Crippen molar-refractivity contribution in [2.75, 3.05) is 19.6 Å². The predicted molar refractivity (Wildman–Crippen MR) is 84.5 cm³/mol. The number of nitrogens with one attached hydrogen (secondary N) is 1. The van der Waals surface area contributed by atoms with E-state index in [0.717, 1.165) is 31.2 Å². The van der Waals surface area contributed by atoms with Crippen LogP contribution in [0.4, 0.5) is 0 Å². The molecule has 1 aliphatic heterocycles. The van der Waals surface area contributed by atoms with Gasteiger partial charge in [0, 0.05) is 19.6 Å². The molecule has 2 rings (SSSR count). The summed E-state index contributed by atoms with van der Waals surface area (Å²) in [6, 6.07) is 6.39. The van der Waals surface area contributed by atoms with E-state index in [0.29, 0.717) is 5.41 Å². The molecule has 1 aromatic heterocycles. The average Bonchev–Trinajstić information content (AvgIpc) is 2.85. The Morgan fingerprint density at radius 2 is 2.05 bits per heavy atom. The summed E-state index contributed by atoms with van der Waals surface area (Å²) in [4.78, 5) is 7.31. The Hall–Kier alpha value is -0.930. The van der Waals surface area contributed by atoms with E-state index in [-0.39, 0.29) is 0 Å². The Labute approximate surface area is 123 Å². The molecule has 20 heavy (non-hydrogen) atoms. The number of likely N-dealkylation sites (tertiary alicyclic amines) is 1. The molecule has 1 aromatic rings. The van der Waals surface area contributed by atoms with Crippen molar-refractivity contribution >= 4 is 0 Å². The van der Waals surface area contributed by atoms with E-state index < -0.39 is 0 Å². The molecule has 1 unspecified atom stereocenters. The van der Waals surface area contributed by atoms with Crippen LogP contribution in [0.5, 0.6) is 0 Å². The second-order valence-electron chi connectivity index (χ2n) is 6.99. The smallest absolute Gasteiger partial charge is 0.0547 e. The molecule has 0 aromatic carbocycles. The third kappa shape index (κ3) is 4.29. The molecule has 1 aliphatic rings. The minimum absolute atomic E-state index is 0.426. The van der Waals surface area contributed by atoms with Gasteiger partial charge < -0.3 is 5.32 Å². The van der Waals surface area contributed by atoms with Crippen molar-refractivity contribution < 1.29 is 0 Å². The molecule has 1 saturated heterocycles. The normalized spacial score (nSPS) is 20.5. The van der Waals surface area contributed by atoms with Crippen molar-refractivity contribution in [1.29, 1.82) is 0 Å². The van der Waals surface area contributed by atoms with Gasteiger partial charge in [0.05, 0.1) is 11.4 Å². The van der Waals surface area contributed by atoms with Crippen molar-refractivity contribution in [1.82, 2.24) is 15.2 Å². The molecule has 1 N–H and O–H groups in total. The first-order valence-electron chi connectivity index (χ1n) is 7.87. The molecular formula is C17H29N3. The fraction of sp³-hybridized carbons (Fsp3) is 0.706. The van der Waals surface area contributed by atoms with Gasteiger partial charge >= 0.3 is 0 Å². The number of pyridine rings is 1. The maximum atomic E-state index is 4.76. The van der Waals surface area contributed by atoms with E-state index in [4.69, 9.17) is 4.98 Å². The average molecular weight is 275 g/mol. The lowest BCUT2D eigenvalue weighted by atomic mass is 9.80. The Bertz CT molecular complexity index is 422. The maximum absolute atomic E-state index is 4.76. The SMILES string of the molecule is CCNCc1cccc(CN2CCC(C(C)(C)C)C2)n1. The highest BCUT2D eigenvalue weighted by Gasteiger charge is 2.31. The van der Waals surface area contributed by atoms with Gasteiger partial charge in [0.25, 0.3) is 0 Å². The molecule has 0 aliphatic carbocycles. The van der Waals surface area contributed by atoms with Crippen LogP contribution < -0.4 is 5.32 Å². The van der Waals surface area contributed by atoms with E-state index in [1.165, 1.54) is 25.2 Å². The van der Waals surface area contributed by atoms with Gasteiger partial charge in [-0.15, -0.1) is 0 Å². The van der Waals surface area contributed by atoms with Crippen molar-refractivity contribution in [3.8, 4) is 0 Å². The highest BCUT2D eigenvalue weighted by Crippen LogP contribution is 2.33. The summed E-state index contributed by atoms with van der Waals surface area (Å²) in [6.45, 7) is 14.5. The number of hydrogen-bond acceptors (Lipinski definition) is 3. The lowest BCUT2D eigenvalue weighted by Gasteiger charge is -2.27. The van der Waals surface area contributed by atoms with Gasteiger partial charge in [-0.2, -0.15) is 0 Å². The van der Waals surface area contributed by atoms with Crippen molar-refractivity contribution in [3.63, 3.8) is 0 Å². The van der Waals surface area contributed by atoms with Gasteiger partial charge in [-0.25, -0.2) is 0 Å². The van der Waals surface area contributed by atoms with Gasteiger partial charge in [0.15, 0.2) is 0 Å². The first-order valence-corrected chi connectivity index (χ1v) is 7.87. The topological polar surface area (TPSA) is 28.2 Å². The number of hydrogen-bond donors (Lipinski definition) is 1. The van der Waals surface area contributed by atoms with Crippen LogP contribution in [-0.2, 0) is 13.1 Å². The molecule has 1 fully saturated rings. The fourth-order valence-electron chi connectivity index (χ4n) is 2.88. The first kappa shape index (κ1) is 15.5. The third-order valence-electron chi connectivity index (χ3n) is 4.30. The fourth-order valence-corrected chi connectivity index (χ4v) is 2.88. The quantitative estimate of drug-likeness (QED) is 0.895. The van der Waals surface area contributed by atoms with Crippen molar-refractivity contribution in [2.24, 2.45) is 11.3 Å². The molecular weight excluding hydrogens is 246 g/mol. The standard InChI is InChI=1S/C17H29N3/c1-5-18-11-15-7-6-8-16(19-15)13-20-10-9-14(12-20)17(2,3)4/h6-8,14,18H,5,9-13H2,1-4H3. The van der Waals surface area contributed by atoms with Crippen LogP contribution in [0.1, 0.15) is 45.5 Å².